The minimum absolute atomic E-state index is 0.224. The lowest BCUT2D eigenvalue weighted by atomic mass is 9.89. The highest BCUT2D eigenvalue weighted by Crippen LogP contribution is 2.34. The Morgan fingerprint density at radius 1 is 1.13 bits per heavy atom. The Bertz CT molecular complexity index is 879. The minimum atomic E-state index is 0.224. The molecule has 31 heavy (non-hydrogen) atoms. The van der Waals surface area contributed by atoms with Crippen molar-refractivity contribution in [2.45, 2.75) is 39.0 Å². The van der Waals surface area contributed by atoms with E-state index in [1.165, 1.54) is 0 Å². The van der Waals surface area contributed by atoms with E-state index in [4.69, 9.17) is 9.97 Å². The van der Waals surface area contributed by atoms with Gasteiger partial charge in [0.15, 0.2) is 0 Å². The van der Waals surface area contributed by atoms with Gasteiger partial charge in [0.05, 0.1) is 5.69 Å². The molecule has 0 N–H and O–H groups in total. The van der Waals surface area contributed by atoms with Crippen molar-refractivity contribution in [2.24, 2.45) is 5.92 Å². The summed E-state index contributed by atoms with van der Waals surface area (Å²) in [4.78, 5) is 33.4. The van der Waals surface area contributed by atoms with Gasteiger partial charge in [-0.15, -0.1) is 0 Å². The highest BCUT2D eigenvalue weighted by molar-refractivity contribution is 5.76. The first kappa shape index (κ1) is 21.7. The van der Waals surface area contributed by atoms with Crippen molar-refractivity contribution in [2.75, 3.05) is 51.2 Å². The Balaban J connectivity index is 1.64. The van der Waals surface area contributed by atoms with Gasteiger partial charge in [-0.2, -0.15) is 0 Å². The SMILES string of the molecule is CC(C)CC(=O)N1CCC[C@@H](c2nc(N3CCN(C)CC3)ncc2-c2ccncc2)C1. The van der Waals surface area contributed by atoms with Crippen molar-refractivity contribution in [3.63, 3.8) is 0 Å². The number of anilines is 1. The molecule has 4 heterocycles. The van der Waals surface area contributed by atoms with Crippen LogP contribution in [-0.4, -0.2) is 77.0 Å². The molecule has 7 heteroatoms. The normalized spacial score (nSPS) is 20.3. The van der Waals surface area contributed by atoms with Crippen LogP contribution in [0.25, 0.3) is 11.1 Å². The molecule has 0 spiro atoms. The molecule has 0 unspecified atom stereocenters. The summed E-state index contributed by atoms with van der Waals surface area (Å²) in [5.74, 6) is 1.68. The Morgan fingerprint density at radius 3 is 2.58 bits per heavy atom. The summed E-state index contributed by atoms with van der Waals surface area (Å²) in [6, 6.07) is 4.03. The molecule has 4 rings (SSSR count). The van der Waals surface area contributed by atoms with Crippen molar-refractivity contribution in [1.82, 2.24) is 24.8 Å². The van der Waals surface area contributed by atoms with E-state index < -0.39 is 0 Å². The summed E-state index contributed by atoms with van der Waals surface area (Å²) in [5, 5.41) is 0. The summed E-state index contributed by atoms with van der Waals surface area (Å²) < 4.78 is 0. The number of aromatic nitrogens is 3. The number of likely N-dealkylation sites (tertiary alicyclic amines) is 1. The third kappa shape index (κ3) is 5.21. The quantitative estimate of drug-likeness (QED) is 0.738. The molecular formula is C24H34N6O. The number of likely N-dealkylation sites (N-methyl/N-ethyl adjacent to an activating group) is 1. The number of nitrogens with zero attached hydrogens (tertiary/aromatic N) is 6. The molecule has 0 bridgehead atoms. The molecule has 2 aromatic rings. The Hall–Kier alpha value is -2.54. The summed E-state index contributed by atoms with van der Waals surface area (Å²) in [5.41, 5.74) is 3.21. The van der Waals surface area contributed by atoms with Gasteiger partial charge < -0.3 is 14.7 Å². The van der Waals surface area contributed by atoms with Crippen LogP contribution >= 0.6 is 0 Å². The van der Waals surface area contributed by atoms with Gasteiger partial charge in [-0.1, -0.05) is 13.8 Å². The fourth-order valence-corrected chi connectivity index (χ4v) is 4.51. The zero-order valence-corrected chi connectivity index (χ0v) is 19.0. The molecule has 2 aliphatic rings. The second-order valence-electron chi connectivity index (χ2n) is 9.27. The van der Waals surface area contributed by atoms with Crippen LogP contribution < -0.4 is 4.90 Å². The minimum Gasteiger partial charge on any atom is -0.342 e. The van der Waals surface area contributed by atoms with Crippen LogP contribution in [0.4, 0.5) is 5.95 Å². The summed E-state index contributed by atoms with van der Waals surface area (Å²) in [6.07, 6.45) is 8.26. The van der Waals surface area contributed by atoms with Gasteiger partial charge in [0, 0.05) is 75.8 Å². The topological polar surface area (TPSA) is 65.5 Å². The van der Waals surface area contributed by atoms with Crippen LogP contribution in [0, 0.1) is 5.92 Å². The number of pyridine rings is 1. The molecule has 0 aromatic carbocycles. The van der Waals surface area contributed by atoms with Crippen LogP contribution in [0.15, 0.2) is 30.7 Å². The molecular weight excluding hydrogens is 388 g/mol. The maximum Gasteiger partial charge on any atom is 0.225 e. The standard InChI is InChI=1S/C24H34N6O/c1-18(2)15-22(31)30-10-4-5-20(17-30)23-21(19-6-8-25-9-7-19)16-26-24(27-23)29-13-11-28(3)12-14-29/h6-9,16,18,20H,4-5,10-15,17H2,1-3H3/t20-/m1/s1. The van der Waals surface area contributed by atoms with E-state index in [0.29, 0.717) is 12.3 Å². The van der Waals surface area contributed by atoms with Gasteiger partial charge in [0.1, 0.15) is 0 Å². The van der Waals surface area contributed by atoms with E-state index in [1.807, 2.05) is 35.6 Å². The van der Waals surface area contributed by atoms with E-state index in [-0.39, 0.29) is 11.8 Å². The second-order valence-corrected chi connectivity index (χ2v) is 9.27. The van der Waals surface area contributed by atoms with Crippen LogP contribution in [0.5, 0.6) is 0 Å². The molecule has 7 nitrogen and oxygen atoms in total. The summed E-state index contributed by atoms with van der Waals surface area (Å²) in [6.45, 7) is 9.72. The molecule has 1 amide bonds. The van der Waals surface area contributed by atoms with Crippen LogP contribution in [0.2, 0.25) is 0 Å². The lowest BCUT2D eigenvalue weighted by Gasteiger charge is -2.35. The van der Waals surface area contributed by atoms with Crippen LogP contribution in [0.3, 0.4) is 0 Å². The highest BCUT2D eigenvalue weighted by atomic mass is 16.2. The third-order valence-electron chi connectivity index (χ3n) is 6.33. The Morgan fingerprint density at radius 2 is 1.87 bits per heavy atom. The maximum atomic E-state index is 12.8. The molecule has 2 fully saturated rings. The zero-order valence-electron chi connectivity index (χ0n) is 19.0. The molecule has 0 saturated carbocycles. The lowest BCUT2D eigenvalue weighted by molar-refractivity contribution is -0.133. The molecule has 2 aromatic heterocycles. The van der Waals surface area contributed by atoms with Crippen molar-refractivity contribution >= 4 is 11.9 Å². The Labute approximate surface area is 185 Å². The van der Waals surface area contributed by atoms with E-state index in [9.17, 15) is 4.79 Å². The van der Waals surface area contributed by atoms with Crippen LogP contribution in [-0.2, 0) is 4.79 Å². The number of piperazine rings is 1. The van der Waals surface area contributed by atoms with Gasteiger partial charge in [-0.25, -0.2) is 9.97 Å². The zero-order chi connectivity index (χ0) is 21.8. The first-order valence-electron chi connectivity index (χ1n) is 11.5. The number of rotatable bonds is 5. The highest BCUT2D eigenvalue weighted by Gasteiger charge is 2.29. The second kappa shape index (κ2) is 9.73. The predicted octanol–water partition coefficient (Wildman–Crippen LogP) is 3.04. The van der Waals surface area contributed by atoms with Gasteiger partial charge >= 0.3 is 0 Å². The first-order valence-corrected chi connectivity index (χ1v) is 11.5. The number of piperidine rings is 1. The molecule has 0 radical (unpaired) electrons. The van der Waals surface area contributed by atoms with E-state index in [1.54, 1.807) is 0 Å². The van der Waals surface area contributed by atoms with Gasteiger partial charge in [0.2, 0.25) is 11.9 Å². The lowest BCUT2D eigenvalue weighted by Crippen LogP contribution is -2.45. The number of carbonyl (C=O) groups is 1. The molecule has 2 saturated heterocycles. The maximum absolute atomic E-state index is 12.8. The third-order valence-corrected chi connectivity index (χ3v) is 6.33. The number of hydrogen-bond acceptors (Lipinski definition) is 6. The van der Waals surface area contributed by atoms with Crippen LogP contribution in [0.1, 0.15) is 44.7 Å². The fourth-order valence-electron chi connectivity index (χ4n) is 4.51. The molecule has 166 valence electrons. The van der Waals surface area contributed by atoms with Crippen molar-refractivity contribution < 1.29 is 4.79 Å². The van der Waals surface area contributed by atoms with Gasteiger partial charge in [-0.3, -0.25) is 9.78 Å². The Kier molecular flexibility index (Phi) is 6.80. The number of hydrogen-bond donors (Lipinski definition) is 0. The summed E-state index contributed by atoms with van der Waals surface area (Å²) in [7, 11) is 2.15. The molecule has 2 aliphatic heterocycles. The first-order chi connectivity index (χ1) is 15.0. The molecule has 1 atom stereocenters. The average Bonchev–Trinajstić information content (AvgIpc) is 2.79. The fraction of sp³-hybridized carbons (Fsp3) is 0.583. The predicted molar refractivity (Wildman–Crippen MR) is 123 cm³/mol. The number of amides is 1. The van der Waals surface area contributed by atoms with Gasteiger partial charge in [0.25, 0.3) is 0 Å². The number of carbonyl (C=O) groups excluding carboxylic acids is 1. The van der Waals surface area contributed by atoms with Crippen molar-refractivity contribution in [3.05, 3.63) is 36.4 Å². The van der Waals surface area contributed by atoms with E-state index in [2.05, 4.69) is 35.7 Å². The monoisotopic (exact) mass is 422 g/mol. The van der Waals surface area contributed by atoms with Crippen molar-refractivity contribution in [1.29, 1.82) is 0 Å². The summed E-state index contributed by atoms with van der Waals surface area (Å²) >= 11 is 0. The van der Waals surface area contributed by atoms with Gasteiger partial charge in [-0.05, 0) is 43.5 Å². The largest absolute Gasteiger partial charge is 0.342 e. The van der Waals surface area contributed by atoms with E-state index >= 15 is 0 Å². The molecule has 0 aliphatic carbocycles. The van der Waals surface area contributed by atoms with E-state index in [0.717, 1.165) is 74.9 Å². The smallest absolute Gasteiger partial charge is 0.225 e. The van der Waals surface area contributed by atoms with Crippen molar-refractivity contribution in [3.8, 4) is 11.1 Å². The average molecular weight is 423 g/mol.